The molecule has 0 saturated carbocycles. The number of carbonyl (C=O) groups is 1. The summed E-state index contributed by atoms with van der Waals surface area (Å²) < 4.78 is 27.2. The lowest BCUT2D eigenvalue weighted by atomic mass is 10.3. The monoisotopic (exact) mass is 238 g/mol. The summed E-state index contributed by atoms with van der Waals surface area (Å²) >= 11 is 0. The van der Waals surface area contributed by atoms with E-state index < -0.39 is 26.7 Å². The molecule has 90 valence electrons. The lowest BCUT2D eigenvalue weighted by Gasteiger charge is -2.19. The molecule has 1 atom stereocenters. The lowest BCUT2D eigenvalue weighted by molar-refractivity contribution is -0.148. The molecular weight excluding hydrogens is 220 g/mol. The van der Waals surface area contributed by atoms with E-state index in [9.17, 15) is 13.2 Å². The maximum atomic E-state index is 11.6. The molecule has 1 N–H and O–H groups in total. The van der Waals surface area contributed by atoms with Crippen molar-refractivity contribution in [1.82, 2.24) is 0 Å². The van der Waals surface area contributed by atoms with Crippen molar-refractivity contribution in [1.29, 1.82) is 0 Å². The van der Waals surface area contributed by atoms with Crippen molar-refractivity contribution in [3.8, 4) is 0 Å². The van der Waals surface area contributed by atoms with Gasteiger partial charge < -0.3 is 9.84 Å². The van der Waals surface area contributed by atoms with Crippen LogP contribution in [0.1, 0.15) is 27.7 Å². The first kappa shape index (κ1) is 14.4. The second-order valence-electron chi connectivity index (χ2n) is 4.28. The molecular formula is C9H18O5S. The molecule has 0 saturated heterocycles. The third-order valence-corrected chi connectivity index (χ3v) is 4.57. The van der Waals surface area contributed by atoms with E-state index in [-0.39, 0.29) is 12.4 Å². The molecule has 0 spiro atoms. The van der Waals surface area contributed by atoms with Crippen LogP contribution in [0.2, 0.25) is 0 Å². The van der Waals surface area contributed by atoms with E-state index >= 15 is 0 Å². The normalized spacial score (nSPS) is 14.9. The third kappa shape index (κ3) is 4.61. The van der Waals surface area contributed by atoms with Gasteiger partial charge in [-0.2, -0.15) is 0 Å². The summed E-state index contributed by atoms with van der Waals surface area (Å²) in [6.07, 6.45) is -0.972. The highest BCUT2D eigenvalue weighted by Crippen LogP contribution is 2.15. The summed E-state index contributed by atoms with van der Waals surface area (Å²) in [6.45, 7) is 6.08. The standard InChI is InChI=1S/C9H18O5S/c1-7(8(10)11)14-5-6-15(12,13)9(2,3)4/h7H,5-6H2,1-4H3,(H,10,11)/t7-/m0/s1. The van der Waals surface area contributed by atoms with E-state index in [1.54, 1.807) is 20.8 Å². The molecule has 0 rings (SSSR count). The Balaban J connectivity index is 4.14. The second kappa shape index (κ2) is 4.94. The Labute approximate surface area is 90.4 Å². The van der Waals surface area contributed by atoms with Crippen LogP contribution in [-0.2, 0) is 19.4 Å². The summed E-state index contributed by atoms with van der Waals surface area (Å²) in [4.78, 5) is 10.4. The van der Waals surface area contributed by atoms with Crippen molar-refractivity contribution < 1.29 is 23.1 Å². The number of sulfone groups is 1. The van der Waals surface area contributed by atoms with Crippen molar-refractivity contribution in [2.24, 2.45) is 0 Å². The van der Waals surface area contributed by atoms with Crippen LogP contribution in [0.25, 0.3) is 0 Å². The average molecular weight is 238 g/mol. The van der Waals surface area contributed by atoms with E-state index in [0.29, 0.717) is 0 Å². The minimum atomic E-state index is -3.24. The fourth-order valence-electron chi connectivity index (χ4n) is 0.712. The summed E-state index contributed by atoms with van der Waals surface area (Å²) in [7, 11) is -3.24. The van der Waals surface area contributed by atoms with E-state index in [4.69, 9.17) is 9.84 Å². The first-order valence-electron chi connectivity index (χ1n) is 4.64. The zero-order valence-corrected chi connectivity index (χ0v) is 10.3. The lowest BCUT2D eigenvalue weighted by Crippen LogP contribution is -2.33. The highest BCUT2D eigenvalue weighted by molar-refractivity contribution is 7.92. The van der Waals surface area contributed by atoms with Crippen LogP contribution in [0.3, 0.4) is 0 Å². The molecule has 5 nitrogen and oxygen atoms in total. The number of carboxylic acid groups (broad SMARTS) is 1. The Morgan fingerprint density at radius 2 is 1.87 bits per heavy atom. The molecule has 0 aromatic heterocycles. The zero-order chi connectivity index (χ0) is 12.3. The molecule has 0 bridgehead atoms. The molecule has 0 unspecified atom stereocenters. The van der Waals surface area contributed by atoms with Crippen LogP contribution in [0.4, 0.5) is 0 Å². The van der Waals surface area contributed by atoms with E-state index in [0.717, 1.165) is 0 Å². The number of hydrogen-bond donors (Lipinski definition) is 1. The smallest absolute Gasteiger partial charge is 0.332 e. The van der Waals surface area contributed by atoms with Gasteiger partial charge in [-0.05, 0) is 27.7 Å². The predicted octanol–water partition coefficient (Wildman–Crippen LogP) is 0.689. The van der Waals surface area contributed by atoms with Crippen LogP contribution < -0.4 is 0 Å². The maximum absolute atomic E-state index is 11.6. The van der Waals surface area contributed by atoms with Crippen LogP contribution in [0.15, 0.2) is 0 Å². The first-order valence-corrected chi connectivity index (χ1v) is 6.30. The molecule has 6 heteroatoms. The SMILES string of the molecule is C[C@H](OCCS(=O)(=O)C(C)(C)C)C(=O)O. The van der Waals surface area contributed by atoms with Gasteiger partial charge in [-0.15, -0.1) is 0 Å². The summed E-state index contributed by atoms with van der Waals surface area (Å²) in [6, 6.07) is 0. The van der Waals surface area contributed by atoms with Gasteiger partial charge in [0.15, 0.2) is 15.9 Å². The molecule has 0 aromatic rings. The minimum absolute atomic E-state index is 0.0902. The molecule has 0 heterocycles. The molecule has 0 aliphatic rings. The highest BCUT2D eigenvalue weighted by Gasteiger charge is 2.28. The predicted molar refractivity (Wildman–Crippen MR) is 56.6 cm³/mol. The van der Waals surface area contributed by atoms with Gasteiger partial charge in [-0.1, -0.05) is 0 Å². The van der Waals surface area contributed by atoms with Crippen LogP contribution in [0.5, 0.6) is 0 Å². The second-order valence-corrected chi connectivity index (χ2v) is 7.14. The van der Waals surface area contributed by atoms with Gasteiger partial charge in [-0.3, -0.25) is 0 Å². The Bertz CT molecular complexity index is 312. The molecule has 0 aliphatic carbocycles. The molecule has 0 aromatic carbocycles. The van der Waals surface area contributed by atoms with E-state index in [2.05, 4.69) is 0 Å². The molecule has 0 aliphatic heterocycles. The number of hydrogen-bond acceptors (Lipinski definition) is 4. The fourth-order valence-corrected chi connectivity index (χ4v) is 1.64. The Morgan fingerprint density at radius 1 is 1.40 bits per heavy atom. The molecule has 0 radical (unpaired) electrons. The molecule has 0 amide bonds. The first-order chi connectivity index (χ1) is 6.58. The topological polar surface area (TPSA) is 80.7 Å². The average Bonchev–Trinajstić information content (AvgIpc) is 2.01. The largest absolute Gasteiger partial charge is 0.479 e. The van der Waals surface area contributed by atoms with Gasteiger partial charge in [0, 0.05) is 0 Å². The van der Waals surface area contributed by atoms with E-state index in [1.807, 2.05) is 0 Å². The van der Waals surface area contributed by atoms with Gasteiger partial charge in [0.1, 0.15) is 0 Å². The summed E-state index contributed by atoms with van der Waals surface area (Å²) in [5.74, 6) is -1.25. The Hall–Kier alpha value is -0.620. The Kier molecular flexibility index (Phi) is 4.73. The maximum Gasteiger partial charge on any atom is 0.332 e. The quantitative estimate of drug-likeness (QED) is 0.762. The fraction of sp³-hybridized carbons (Fsp3) is 0.889. The van der Waals surface area contributed by atoms with E-state index in [1.165, 1.54) is 6.92 Å². The summed E-state index contributed by atoms with van der Waals surface area (Å²) in [5.41, 5.74) is 0. The van der Waals surface area contributed by atoms with Crippen LogP contribution in [0, 0.1) is 0 Å². The third-order valence-electron chi connectivity index (χ3n) is 2.00. The Morgan fingerprint density at radius 3 is 2.20 bits per heavy atom. The van der Waals surface area contributed by atoms with Crippen molar-refractivity contribution in [3.63, 3.8) is 0 Å². The van der Waals surface area contributed by atoms with Crippen LogP contribution >= 0.6 is 0 Å². The van der Waals surface area contributed by atoms with Crippen molar-refractivity contribution in [3.05, 3.63) is 0 Å². The number of carboxylic acids is 1. The van der Waals surface area contributed by atoms with Gasteiger partial charge in [0.05, 0.1) is 17.1 Å². The van der Waals surface area contributed by atoms with Gasteiger partial charge >= 0.3 is 5.97 Å². The minimum Gasteiger partial charge on any atom is -0.479 e. The molecule has 15 heavy (non-hydrogen) atoms. The summed E-state index contributed by atoms with van der Waals surface area (Å²) in [5, 5.41) is 8.50. The van der Waals surface area contributed by atoms with Crippen molar-refractivity contribution in [2.75, 3.05) is 12.4 Å². The van der Waals surface area contributed by atoms with Crippen molar-refractivity contribution in [2.45, 2.75) is 38.5 Å². The van der Waals surface area contributed by atoms with Crippen molar-refractivity contribution >= 4 is 15.8 Å². The zero-order valence-electron chi connectivity index (χ0n) is 9.48. The number of aliphatic carboxylic acids is 1. The molecule has 0 fully saturated rings. The van der Waals surface area contributed by atoms with Crippen LogP contribution in [-0.4, -0.2) is 42.7 Å². The number of rotatable bonds is 5. The highest BCUT2D eigenvalue weighted by atomic mass is 32.2. The van der Waals surface area contributed by atoms with Gasteiger partial charge in [-0.25, -0.2) is 13.2 Å². The van der Waals surface area contributed by atoms with Gasteiger partial charge in [0.2, 0.25) is 0 Å². The van der Waals surface area contributed by atoms with Gasteiger partial charge in [0.25, 0.3) is 0 Å². The number of ether oxygens (including phenoxy) is 1.